The summed E-state index contributed by atoms with van der Waals surface area (Å²) in [6, 6.07) is 7.76. The largest absolute Gasteiger partial charge is 0.270 e. The van der Waals surface area contributed by atoms with Gasteiger partial charge >= 0.3 is 0 Å². The molecule has 0 radical (unpaired) electrons. The summed E-state index contributed by atoms with van der Waals surface area (Å²) in [4.78, 5) is 10.1. The fraction of sp³-hybridized carbons (Fsp3) is 0. The maximum absolute atomic E-state index is 10.6. The Kier molecular flexibility index (Phi) is 2.78. The second-order valence-electron chi connectivity index (χ2n) is 3.07. The number of nitro benzene ring substituents is 1. The number of benzene rings is 1. The van der Waals surface area contributed by atoms with Gasteiger partial charge < -0.3 is 0 Å². The second kappa shape index (κ2) is 4.24. The number of hydrogen-bond donors (Lipinski definition) is 0. The third-order valence-electron chi connectivity index (χ3n) is 1.97. The third kappa shape index (κ3) is 2.14. The summed E-state index contributed by atoms with van der Waals surface area (Å²) in [5, 5.41) is 18.6. The van der Waals surface area contributed by atoms with Crippen molar-refractivity contribution in [2.45, 2.75) is 0 Å². The number of nitro groups is 1. The molecule has 0 spiro atoms. The molecular weight excluding hydrogens is 230 g/mol. The van der Waals surface area contributed by atoms with Crippen LogP contribution in [-0.4, -0.2) is 15.1 Å². The lowest BCUT2D eigenvalue weighted by Gasteiger charge is -1.99. The maximum atomic E-state index is 10.6. The van der Waals surface area contributed by atoms with Gasteiger partial charge in [-0.05, 0) is 6.07 Å². The Morgan fingerprint density at radius 2 is 2.12 bits per heavy atom. The Morgan fingerprint density at radius 3 is 2.81 bits per heavy atom. The predicted octanol–water partition coefficient (Wildman–Crippen LogP) is 2.71. The lowest BCUT2D eigenvalue weighted by atomic mass is 10.1. The van der Waals surface area contributed by atoms with Gasteiger partial charge in [-0.3, -0.25) is 10.1 Å². The van der Waals surface area contributed by atoms with Crippen LogP contribution in [0.5, 0.6) is 0 Å². The summed E-state index contributed by atoms with van der Waals surface area (Å²) < 4.78 is 0. The van der Waals surface area contributed by atoms with Crippen LogP contribution in [0.2, 0.25) is 5.02 Å². The smallest absolute Gasteiger partial charge is 0.258 e. The standard InChI is InChI=1S/C10H6ClN3O2/c11-8-5-10(13-12-6-8)7-2-1-3-9(4-7)14(15)16/h1-6H. The van der Waals surface area contributed by atoms with Gasteiger partial charge in [0.05, 0.1) is 21.8 Å². The molecule has 0 N–H and O–H groups in total. The normalized spacial score (nSPS) is 10.1. The molecule has 0 bridgehead atoms. The summed E-state index contributed by atoms with van der Waals surface area (Å²) >= 11 is 5.76. The van der Waals surface area contributed by atoms with Gasteiger partial charge in [0.1, 0.15) is 0 Å². The number of non-ortho nitro benzene ring substituents is 1. The molecule has 1 heterocycles. The van der Waals surface area contributed by atoms with Gasteiger partial charge in [0, 0.05) is 17.7 Å². The van der Waals surface area contributed by atoms with Crippen LogP contribution in [0.3, 0.4) is 0 Å². The zero-order valence-corrected chi connectivity index (χ0v) is 8.76. The van der Waals surface area contributed by atoms with Crippen molar-refractivity contribution in [3.05, 3.63) is 51.7 Å². The number of halogens is 1. The molecule has 0 aliphatic rings. The highest BCUT2D eigenvalue weighted by Gasteiger charge is 2.08. The molecular formula is C10H6ClN3O2. The highest BCUT2D eigenvalue weighted by molar-refractivity contribution is 6.30. The zero-order valence-electron chi connectivity index (χ0n) is 8.00. The van der Waals surface area contributed by atoms with E-state index in [-0.39, 0.29) is 5.69 Å². The van der Waals surface area contributed by atoms with E-state index in [0.29, 0.717) is 16.3 Å². The fourth-order valence-electron chi connectivity index (χ4n) is 1.26. The minimum Gasteiger partial charge on any atom is -0.258 e. The van der Waals surface area contributed by atoms with Crippen LogP contribution in [0.1, 0.15) is 0 Å². The minimum absolute atomic E-state index is 0.0132. The number of hydrogen-bond acceptors (Lipinski definition) is 4. The summed E-state index contributed by atoms with van der Waals surface area (Å²) in [6.07, 6.45) is 1.41. The van der Waals surface area contributed by atoms with Crippen molar-refractivity contribution in [2.75, 3.05) is 0 Å². The number of nitrogens with zero attached hydrogens (tertiary/aromatic N) is 3. The summed E-state index contributed by atoms with van der Waals surface area (Å²) in [6.45, 7) is 0. The predicted molar refractivity (Wildman–Crippen MR) is 59.1 cm³/mol. The van der Waals surface area contributed by atoms with Crippen LogP contribution in [0.25, 0.3) is 11.3 Å². The molecule has 1 aromatic carbocycles. The third-order valence-corrected chi connectivity index (χ3v) is 2.18. The molecule has 0 fully saturated rings. The van der Waals surface area contributed by atoms with Gasteiger partial charge in [0.25, 0.3) is 5.69 Å². The molecule has 0 aliphatic carbocycles. The van der Waals surface area contributed by atoms with Crippen LogP contribution in [0.15, 0.2) is 36.5 Å². The molecule has 0 amide bonds. The van der Waals surface area contributed by atoms with E-state index in [4.69, 9.17) is 11.6 Å². The van der Waals surface area contributed by atoms with Crippen molar-refractivity contribution >= 4 is 17.3 Å². The number of rotatable bonds is 2. The maximum Gasteiger partial charge on any atom is 0.270 e. The van der Waals surface area contributed by atoms with Gasteiger partial charge in [0.15, 0.2) is 0 Å². The van der Waals surface area contributed by atoms with Crippen molar-refractivity contribution in [3.8, 4) is 11.3 Å². The van der Waals surface area contributed by atoms with E-state index in [1.807, 2.05) is 0 Å². The van der Waals surface area contributed by atoms with Crippen molar-refractivity contribution in [1.29, 1.82) is 0 Å². The average Bonchev–Trinajstić information content (AvgIpc) is 2.29. The molecule has 5 nitrogen and oxygen atoms in total. The van der Waals surface area contributed by atoms with Gasteiger partial charge in [-0.15, -0.1) is 0 Å². The minimum atomic E-state index is -0.457. The van der Waals surface area contributed by atoms with Gasteiger partial charge in [-0.25, -0.2) is 0 Å². The van der Waals surface area contributed by atoms with E-state index < -0.39 is 4.92 Å². The van der Waals surface area contributed by atoms with Crippen molar-refractivity contribution in [1.82, 2.24) is 10.2 Å². The van der Waals surface area contributed by atoms with Gasteiger partial charge in [-0.2, -0.15) is 10.2 Å². The van der Waals surface area contributed by atoms with E-state index >= 15 is 0 Å². The molecule has 1 aromatic heterocycles. The summed E-state index contributed by atoms with van der Waals surface area (Å²) in [5.41, 5.74) is 1.14. The highest BCUT2D eigenvalue weighted by Crippen LogP contribution is 2.23. The Labute approximate surface area is 95.9 Å². The molecule has 6 heteroatoms. The second-order valence-corrected chi connectivity index (χ2v) is 3.50. The van der Waals surface area contributed by atoms with Crippen molar-refractivity contribution in [3.63, 3.8) is 0 Å². The molecule has 0 aliphatic heterocycles. The fourth-order valence-corrected chi connectivity index (χ4v) is 1.41. The first-order valence-corrected chi connectivity index (χ1v) is 4.77. The summed E-state index contributed by atoms with van der Waals surface area (Å²) in [7, 11) is 0. The molecule has 0 atom stereocenters. The zero-order chi connectivity index (χ0) is 11.5. The van der Waals surface area contributed by atoms with Crippen LogP contribution < -0.4 is 0 Å². The van der Waals surface area contributed by atoms with E-state index in [1.165, 1.54) is 18.3 Å². The van der Waals surface area contributed by atoms with Gasteiger partial charge in [-0.1, -0.05) is 23.7 Å². The quantitative estimate of drug-likeness (QED) is 0.593. The van der Waals surface area contributed by atoms with Crippen LogP contribution in [-0.2, 0) is 0 Å². The molecule has 80 valence electrons. The lowest BCUT2D eigenvalue weighted by Crippen LogP contribution is -1.90. The molecule has 0 saturated carbocycles. The van der Waals surface area contributed by atoms with Crippen molar-refractivity contribution in [2.24, 2.45) is 0 Å². The van der Waals surface area contributed by atoms with Crippen molar-refractivity contribution < 1.29 is 4.92 Å². The van der Waals surface area contributed by atoms with E-state index in [2.05, 4.69) is 10.2 Å². The Bertz CT molecular complexity index is 545. The molecule has 2 aromatic rings. The van der Waals surface area contributed by atoms with Crippen LogP contribution in [0.4, 0.5) is 5.69 Å². The molecule has 16 heavy (non-hydrogen) atoms. The van der Waals surface area contributed by atoms with Gasteiger partial charge in [0.2, 0.25) is 0 Å². The number of aromatic nitrogens is 2. The Morgan fingerprint density at radius 1 is 1.31 bits per heavy atom. The first kappa shape index (κ1) is 10.5. The molecule has 2 rings (SSSR count). The Balaban J connectivity index is 2.48. The first-order valence-electron chi connectivity index (χ1n) is 4.40. The van der Waals surface area contributed by atoms with Crippen LogP contribution >= 0.6 is 11.6 Å². The average molecular weight is 236 g/mol. The summed E-state index contributed by atoms with van der Waals surface area (Å²) in [5.74, 6) is 0. The van der Waals surface area contributed by atoms with E-state index in [1.54, 1.807) is 18.2 Å². The molecule has 0 unspecified atom stereocenters. The van der Waals surface area contributed by atoms with Crippen LogP contribution in [0, 0.1) is 10.1 Å². The van der Waals surface area contributed by atoms with E-state index in [0.717, 1.165) is 0 Å². The molecule has 0 saturated heterocycles. The van der Waals surface area contributed by atoms with E-state index in [9.17, 15) is 10.1 Å². The highest BCUT2D eigenvalue weighted by atomic mass is 35.5. The monoisotopic (exact) mass is 235 g/mol. The lowest BCUT2D eigenvalue weighted by molar-refractivity contribution is -0.384. The topological polar surface area (TPSA) is 68.9 Å². The first-order chi connectivity index (χ1) is 7.66. The SMILES string of the molecule is O=[N+]([O-])c1cccc(-c2cc(Cl)cnn2)c1. The Hall–Kier alpha value is -2.01.